The normalized spacial score (nSPS) is 12.0. The van der Waals surface area contributed by atoms with E-state index in [1.807, 2.05) is 49.5 Å². The average Bonchev–Trinajstić information content (AvgIpc) is 2.56. The van der Waals surface area contributed by atoms with Crippen LogP contribution in [-0.2, 0) is 28.7 Å². The first kappa shape index (κ1) is 19.0. The Balaban J connectivity index is 1.92. The zero-order chi connectivity index (χ0) is 18.3. The molecule has 0 aromatic heterocycles. The maximum Gasteiger partial charge on any atom is 0.193 e. The molecule has 5 nitrogen and oxygen atoms in total. The van der Waals surface area contributed by atoms with Gasteiger partial charge in [-0.25, -0.2) is 8.42 Å². The van der Waals surface area contributed by atoms with E-state index in [1.165, 1.54) is 11.8 Å². The van der Waals surface area contributed by atoms with Gasteiger partial charge in [-0.3, -0.25) is 4.99 Å². The van der Waals surface area contributed by atoms with E-state index >= 15 is 0 Å². The number of guanidine groups is 1. The number of sulfone groups is 1. The first-order valence-electron chi connectivity index (χ1n) is 8.08. The second-order valence-electron chi connectivity index (χ2n) is 6.13. The van der Waals surface area contributed by atoms with E-state index in [4.69, 9.17) is 0 Å². The molecule has 0 aliphatic carbocycles. The van der Waals surface area contributed by atoms with Gasteiger partial charge in [-0.05, 0) is 16.7 Å². The van der Waals surface area contributed by atoms with Crippen LogP contribution in [0.25, 0.3) is 0 Å². The van der Waals surface area contributed by atoms with E-state index in [-0.39, 0.29) is 5.75 Å². The van der Waals surface area contributed by atoms with Gasteiger partial charge in [-0.15, -0.1) is 0 Å². The molecule has 0 unspecified atom stereocenters. The van der Waals surface area contributed by atoms with Crippen LogP contribution in [0.5, 0.6) is 0 Å². The molecule has 0 heterocycles. The third kappa shape index (κ3) is 6.58. The van der Waals surface area contributed by atoms with Gasteiger partial charge in [0.2, 0.25) is 0 Å². The van der Waals surface area contributed by atoms with E-state index in [2.05, 4.69) is 27.3 Å². The standard InChI is InChI=1S/C19H25N3O2S/c1-20-19(22(2)14-17-7-5-4-6-8-17)21-13-16-9-11-18(12-10-16)15-25(3,23)24/h4-12H,13-15H2,1-3H3,(H,20,21). The minimum atomic E-state index is -3.00. The van der Waals surface area contributed by atoms with Gasteiger partial charge in [0.25, 0.3) is 0 Å². The lowest BCUT2D eigenvalue weighted by molar-refractivity contribution is 0.476. The first-order valence-corrected chi connectivity index (χ1v) is 10.1. The van der Waals surface area contributed by atoms with Crippen LogP contribution in [0.4, 0.5) is 0 Å². The Morgan fingerprint density at radius 1 is 1.00 bits per heavy atom. The van der Waals surface area contributed by atoms with Crippen LogP contribution >= 0.6 is 0 Å². The summed E-state index contributed by atoms with van der Waals surface area (Å²) in [7, 11) is 0.758. The van der Waals surface area contributed by atoms with Crippen molar-refractivity contribution in [1.82, 2.24) is 10.2 Å². The molecule has 134 valence electrons. The highest BCUT2D eigenvalue weighted by atomic mass is 32.2. The predicted octanol–water partition coefficient (Wildman–Crippen LogP) is 2.44. The van der Waals surface area contributed by atoms with Crippen molar-refractivity contribution in [3.05, 3.63) is 71.3 Å². The van der Waals surface area contributed by atoms with Crippen molar-refractivity contribution < 1.29 is 8.42 Å². The molecular weight excluding hydrogens is 334 g/mol. The molecule has 0 atom stereocenters. The fraction of sp³-hybridized carbons (Fsp3) is 0.316. The van der Waals surface area contributed by atoms with E-state index in [0.29, 0.717) is 6.54 Å². The molecule has 0 saturated heterocycles. The van der Waals surface area contributed by atoms with Gasteiger partial charge in [0, 0.05) is 33.4 Å². The Morgan fingerprint density at radius 3 is 2.16 bits per heavy atom. The van der Waals surface area contributed by atoms with Crippen LogP contribution in [0.3, 0.4) is 0 Å². The summed E-state index contributed by atoms with van der Waals surface area (Å²) in [5.41, 5.74) is 3.10. The van der Waals surface area contributed by atoms with Gasteiger partial charge in [0.15, 0.2) is 15.8 Å². The summed E-state index contributed by atoms with van der Waals surface area (Å²) < 4.78 is 22.7. The number of hydrogen-bond donors (Lipinski definition) is 1. The highest BCUT2D eigenvalue weighted by molar-refractivity contribution is 7.89. The lowest BCUT2D eigenvalue weighted by Gasteiger charge is -2.22. The van der Waals surface area contributed by atoms with Gasteiger partial charge in [0.1, 0.15) is 0 Å². The second kappa shape index (κ2) is 8.67. The number of hydrogen-bond acceptors (Lipinski definition) is 3. The average molecular weight is 359 g/mol. The molecule has 2 aromatic carbocycles. The minimum absolute atomic E-state index is 0.0716. The van der Waals surface area contributed by atoms with Gasteiger partial charge < -0.3 is 10.2 Å². The van der Waals surface area contributed by atoms with Gasteiger partial charge >= 0.3 is 0 Å². The zero-order valence-electron chi connectivity index (χ0n) is 14.9. The molecule has 0 radical (unpaired) electrons. The van der Waals surface area contributed by atoms with Crippen LogP contribution in [-0.4, -0.2) is 39.6 Å². The largest absolute Gasteiger partial charge is 0.352 e. The van der Waals surface area contributed by atoms with Crippen molar-refractivity contribution in [1.29, 1.82) is 0 Å². The minimum Gasteiger partial charge on any atom is -0.352 e. The molecule has 1 N–H and O–H groups in total. The van der Waals surface area contributed by atoms with Crippen molar-refractivity contribution in [3.8, 4) is 0 Å². The maximum atomic E-state index is 11.3. The Morgan fingerprint density at radius 2 is 1.60 bits per heavy atom. The Bertz CT molecular complexity index is 800. The summed E-state index contributed by atoms with van der Waals surface area (Å²) in [5.74, 6) is 0.881. The molecule has 25 heavy (non-hydrogen) atoms. The number of nitrogens with one attached hydrogen (secondary N) is 1. The summed E-state index contributed by atoms with van der Waals surface area (Å²) >= 11 is 0. The molecule has 2 rings (SSSR count). The fourth-order valence-corrected chi connectivity index (χ4v) is 3.35. The smallest absolute Gasteiger partial charge is 0.193 e. The number of aliphatic imine (C=N–C) groups is 1. The molecule has 0 aliphatic heterocycles. The van der Waals surface area contributed by atoms with Gasteiger partial charge in [-0.1, -0.05) is 54.6 Å². The topological polar surface area (TPSA) is 61.8 Å². The molecule has 0 aliphatic rings. The van der Waals surface area contributed by atoms with Crippen LogP contribution in [0.2, 0.25) is 0 Å². The quantitative estimate of drug-likeness (QED) is 0.636. The van der Waals surface area contributed by atoms with E-state index in [0.717, 1.165) is 23.6 Å². The third-order valence-electron chi connectivity index (χ3n) is 3.74. The first-order chi connectivity index (χ1) is 11.9. The van der Waals surface area contributed by atoms with E-state index < -0.39 is 9.84 Å². The SMILES string of the molecule is CN=C(NCc1ccc(CS(C)(=O)=O)cc1)N(C)Cc1ccccc1. The molecule has 0 amide bonds. The van der Waals surface area contributed by atoms with Crippen LogP contribution in [0.15, 0.2) is 59.6 Å². The summed E-state index contributed by atoms with van der Waals surface area (Å²) in [6.45, 7) is 1.40. The summed E-state index contributed by atoms with van der Waals surface area (Å²) in [4.78, 5) is 6.38. The van der Waals surface area contributed by atoms with Gasteiger partial charge in [0.05, 0.1) is 5.75 Å². The molecule has 6 heteroatoms. The van der Waals surface area contributed by atoms with Crippen LogP contribution in [0.1, 0.15) is 16.7 Å². The third-order valence-corrected chi connectivity index (χ3v) is 4.60. The zero-order valence-corrected chi connectivity index (χ0v) is 15.8. The summed E-state index contributed by atoms with van der Waals surface area (Å²) in [6.07, 6.45) is 1.25. The van der Waals surface area contributed by atoms with E-state index in [9.17, 15) is 8.42 Å². The summed E-state index contributed by atoms with van der Waals surface area (Å²) in [6, 6.07) is 17.8. The lowest BCUT2D eigenvalue weighted by atomic mass is 10.1. The van der Waals surface area contributed by atoms with Crippen LogP contribution in [0, 0.1) is 0 Å². The highest BCUT2D eigenvalue weighted by Gasteiger charge is 2.07. The molecule has 0 fully saturated rings. The monoisotopic (exact) mass is 359 g/mol. The van der Waals surface area contributed by atoms with Gasteiger partial charge in [-0.2, -0.15) is 0 Å². The molecular formula is C19H25N3O2S. The fourth-order valence-electron chi connectivity index (χ4n) is 2.55. The second-order valence-corrected chi connectivity index (χ2v) is 8.27. The Hall–Kier alpha value is -2.34. The molecule has 0 bridgehead atoms. The molecule has 0 spiro atoms. The van der Waals surface area contributed by atoms with Crippen LogP contribution < -0.4 is 5.32 Å². The van der Waals surface area contributed by atoms with Crippen molar-refractivity contribution in [3.63, 3.8) is 0 Å². The Labute approximate surface area is 150 Å². The van der Waals surface area contributed by atoms with Crippen molar-refractivity contribution in [2.24, 2.45) is 4.99 Å². The molecule has 0 saturated carbocycles. The lowest BCUT2D eigenvalue weighted by Crippen LogP contribution is -2.38. The molecule has 2 aromatic rings. The number of benzene rings is 2. The van der Waals surface area contributed by atoms with Crippen molar-refractivity contribution >= 4 is 15.8 Å². The van der Waals surface area contributed by atoms with E-state index in [1.54, 1.807) is 7.05 Å². The summed E-state index contributed by atoms with van der Waals surface area (Å²) in [5, 5.41) is 3.33. The number of nitrogens with zero attached hydrogens (tertiary/aromatic N) is 2. The maximum absolute atomic E-state index is 11.3. The Kier molecular flexibility index (Phi) is 6.58. The predicted molar refractivity (Wildman–Crippen MR) is 103 cm³/mol. The van der Waals surface area contributed by atoms with Crippen molar-refractivity contribution in [2.75, 3.05) is 20.4 Å². The highest BCUT2D eigenvalue weighted by Crippen LogP contribution is 2.08. The number of rotatable bonds is 6. The van der Waals surface area contributed by atoms with Crippen molar-refractivity contribution in [2.45, 2.75) is 18.8 Å².